The van der Waals surface area contributed by atoms with E-state index in [2.05, 4.69) is 10.1 Å². The number of aromatic nitrogens is 1. The highest BCUT2D eigenvalue weighted by Gasteiger charge is 2.15. The third kappa shape index (κ3) is 4.20. The summed E-state index contributed by atoms with van der Waals surface area (Å²) in [5, 5.41) is 15.3. The Hall–Kier alpha value is -2.06. The van der Waals surface area contributed by atoms with E-state index in [4.69, 9.17) is 0 Å². The Labute approximate surface area is 129 Å². The lowest BCUT2D eigenvalue weighted by atomic mass is 10.4. The van der Waals surface area contributed by atoms with Crippen LogP contribution < -0.4 is 10.0 Å². The van der Waals surface area contributed by atoms with Gasteiger partial charge in [-0.05, 0) is 11.4 Å². The first-order valence-corrected chi connectivity index (χ1v) is 7.74. The zero-order valence-corrected chi connectivity index (χ0v) is 12.7. The summed E-state index contributed by atoms with van der Waals surface area (Å²) in [5.41, 5.74) is 0.447. The number of pyridine rings is 1. The van der Waals surface area contributed by atoms with Crippen molar-refractivity contribution in [3.63, 3.8) is 0 Å². The van der Waals surface area contributed by atoms with E-state index in [1.165, 1.54) is 42.6 Å². The van der Waals surface area contributed by atoms with Crippen LogP contribution in [0.3, 0.4) is 0 Å². The second kappa shape index (κ2) is 7.09. The monoisotopic (exact) mass is 324 g/mol. The Morgan fingerprint density at radius 2 is 2.10 bits per heavy atom. The van der Waals surface area contributed by atoms with Gasteiger partial charge in [-0.1, -0.05) is 0 Å². The lowest BCUT2D eigenvalue weighted by molar-refractivity contribution is -0.605. The van der Waals surface area contributed by atoms with Crippen molar-refractivity contribution >= 4 is 40.7 Å². The van der Waals surface area contributed by atoms with Gasteiger partial charge in [-0.15, -0.1) is 23.1 Å². The van der Waals surface area contributed by atoms with Gasteiger partial charge in [0, 0.05) is 17.0 Å². The number of anilines is 1. The standard InChI is InChI=1S/C13H12N2O4S2/c1-19-13(17)12-10(4-7-20-12)14-11(16)8-21-9-2-5-15(18)6-3-9/h2-7H,8H2,1H3,(H,14,16). The predicted molar refractivity (Wildman–Crippen MR) is 80.4 cm³/mol. The van der Waals surface area contributed by atoms with Crippen molar-refractivity contribution in [2.45, 2.75) is 4.90 Å². The second-order valence-corrected chi connectivity index (χ2v) is 5.85. The fraction of sp³-hybridized carbons (Fsp3) is 0.154. The number of methoxy groups -OCH3 is 1. The number of carbonyl (C=O) groups excluding carboxylic acids is 2. The van der Waals surface area contributed by atoms with Crippen LogP contribution in [0.25, 0.3) is 0 Å². The maximum atomic E-state index is 11.9. The van der Waals surface area contributed by atoms with Crippen molar-refractivity contribution in [2.24, 2.45) is 0 Å². The Balaban J connectivity index is 1.92. The van der Waals surface area contributed by atoms with E-state index in [9.17, 15) is 14.8 Å². The van der Waals surface area contributed by atoms with Gasteiger partial charge in [0.15, 0.2) is 12.4 Å². The van der Waals surface area contributed by atoms with Crippen molar-refractivity contribution in [2.75, 3.05) is 18.2 Å². The molecule has 0 aliphatic heterocycles. The van der Waals surface area contributed by atoms with Gasteiger partial charge in [-0.2, -0.15) is 4.73 Å². The number of hydrogen-bond acceptors (Lipinski definition) is 6. The van der Waals surface area contributed by atoms with Crippen LogP contribution in [0, 0.1) is 5.21 Å². The number of hydrogen-bond donors (Lipinski definition) is 1. The molecule has 1 amide bonds. The molecule has 2 heterocycles. The molecule has 0 unspecified atom stereocenters. The third-order valence-corrected chi connectivity index (χ3v) is 4.36. The molecular weight excluding hydrogens is 312 g/mol. The number of thioether (sulfide) groups is 1. The topological polar surface area (TPSA) is 82.3 Å². The van der Waals surface area contributed by atoms with E-state index >= 15 is 0 Å². The molecule has 0 saturated carbocycles. The molecule has 0 atom stereocenters. The minimum absolute atomic E-state index is 0.180. The molecule has 1 N–H and O–H groups in total. The Kier molecular flexibility index (Phi) is 5.18. The van der Waals surface area contributed by atoms with Crippen molar-refractivity contribution < 1.29 is 19.1 Å². The maximum Gasteiger partial charge on any atom is 0.350 e. The normalized spacial score (nSPS) is 10.1. The van der Waals surface area contributed by atoms with Gasteiger partial charge in [0.2, 0.25) is 5.91 Å². The largest absolute Gasteiger partial charge is 0.619 e. The molecule has 2 rings (SSSR count). The summed E-state index contributed by atoms with van der Waals surface area (Å²) in [6.45, 7) is 0. The zero-order chi connectivity index (χ0) is 15.2. The van der Waals surface area contributed by atoms with Crippen LogP contribution in [-0.2, 0) is 9.53 Å². The molecule has 0 fully saturated rings. The molecule has 6 nitrogen and oxygen atoms in total. The minimum Gasteiger partial charge on any atom is -0.619 e. The minimum atomic E-state index is -0.476. The molecule has 2 aromatic heterocycles. The summed E-state index contributed by atoms with van der Waals surface area (Å²) in [5.74, 6) is -0.530. The number of carbonyl (C=O) groups is 2. The molecule has 0 aliphatic carbocycles. The Morgan fingerprint density at radius 3 is 2.76 bits per heavy atom. The van der Waals surface area contributed by atoms with Gasteiger partial charge >= 0.3 is 5.97 Å². The van der Waals surface area contributed by atoms with E-state index < -0.39 is 5.97 Å². The molecule has 8 heteroatoms. The molecular formula is C13H12N2O4S2. The van der Waals surface area contributed by atoms with Crippen LogP contribution in [0.2, 0.25) is 0 Å². The molecule has 0 spiro atoms. The van der Waals surface area contributed by atoms with E-state index in [1.54, 1.807) is 23.6 Å². The average Bonchev–Trinajstić information content (AvgIpc) is 2.94. The molecule has 0 radical (unpaired) electrons. The van der Waals surface area contributed by atoms with Crippen LogP contribution in [0.5, 0.6) is 0 Å². The number of nitrogens with one attached hydrogen (secondary N) is 1. The highest BCUT2D eigenvalue weighted by molar-refractivity contribution is 8.00. The summed E-state index contributed by atoms with van der Waals surface area (Å²) in [4.78, 5) is 24.5. The predicted octanol–water partition coefficient (Wildman–Crippen LogP) is 1.90. The number of rotatable bonds is 5. The van der Waals surface area contributed by atoms with Crippen LogP contribution in [0.1, 0.15) is 9.67 Å². The molecule has 0 bridgehead atoms. The lowest BCUT2D eigenvalue weighted by Crippen LogP contribution is -2.23. The van der Waals surface area contributed by atoms with Gasteiger partial charge in [0.25, 0.3) is 0 Å². The fourth-order valence-corrected chi connectivity index (χ4v) is 2.94. The van der Waals surface area contributed by atoms with E-state index in [0.29, 0.717) is 15.3 Å². The van der Waals surface area contributed by atoms with Crippen LogP contribution in [0.15, 0.2) is 40.9 Å². The van der Waals surface area contributed by atoms with Crippen LogP contribution in [0.4, 0.5) is 5.69 Å². The summed E-state index contributed by atoms with van der Waals surface area (Å²) >= 11 is 2.51. The number of nitrogens with zero attached hydrogens (tertiary/aromatic N) is 1. The zero-order valence-electron chi connectivity index (χ0n) is 11.1. The molecule has 0 aliphatic rings. The molecule has 0 aromatic carbocycles. The van der Waals surface area contributed by atoms with Gasteiger partial charge in [-0.3, -0.25) is 4.79 Å². The summed E-state index contributed by atoms with van der Waals surface area (Å²) in [7, 11) is 1.29. The third-order valence-electron chi connectivity index (χ3n) is 2.45. The van der Waals surface area contributed by atoms with E-state index in [0.717, 1.165) is 4.90 Å². The van der Waals surface area contributed by atoms with Gasteiger partial charge in [-0.25, -0.2) is 4.79 Å². The molecule has 0 saturated heterocycles. The highest BCUT2D eigenvalue weighted by atomic mass is 32.2. The van der Waals surface area contributed by atoms with Crippen molar-refractivity contribution in [1.82, 2.24) is 0 Å². The SMILES string of the molecule is COC(=O)c1sccc1NC(=O)CSc1cc[n+]([O-])cc1. The number of ether oxygens (including phenoxy) is 1. The quantitative estimate of drug-likeness (QED) is 0.393. The summed E-state index contributed by atoms with van der Waals surface area (Å²) < 4.78 is 5.32. The fourth-order valence-electron chi connectivity index (χ4n) is 1.49. The number of thiophene rings is 1. The van der Waals surface area contributed by atoms with Crippen molar-refractivity contribution in [1.29, 1.82) is 0 Å². The highest BCUT2D eigenvalue weighted by Crippen LogP contribution is 2.24. The van der Waals surface area contributed by atoms with Crippen LogP contribution in [-0.4, -0.2) is 24.7 Å². The first-order valence-electron chi connectivity index (χ1n) is 5.87. The van der Waals surface area contributed by atoms with E-state index in [-0.39, 0.29) is 11.7 Å². The first-order chi connectivity index (χ1) is 10.1. The molecule has 110 valence electrons. The molecule has 21 heavy (non-hydrogen) atoms. The van der Waals surface area contributed by atoms with Gasteiger partial charge in [0.1, 0.15) is 4.88 Å². The second-order valence-electron chi connectivity index (χ2n) is 3.89. The molecule has 2 aromatic rings. The average molecular weight is 324 g/mol. The van der Waals surface area contributed by atoms with Gasteiger partial charge in [0.05, 0.1) is 18.6 Å². The smallest absolute Gasteiger partial charge is 0.350 e. The van der Waals surface area contributed by atoms with Crippen molar-refractivity contribution in [3.8, 4) is 0 Å². The summed E-state index contributed by atoms with van der Waals surface area (Å²) in [6, 6.07) is 4.92. The Morgan fingerprint density at radius 1 is 1.38 bits per heavy atom. The van der Waals surface area contributed by atoms with Crippen LogP contribution >= 0.6 is 23.1 Å². The first kappa shape index (κ1) is 15.3. The maximum absolute atomic E-state index is 11.9. The summed E-state index contributed by atoms with van der Waals surface area (Å²) in [6.07, 6.45) is 2.74. The van der Waals surface area contributed by atoms with Crippen molar-refractivity contribution in [3.05, 3.63) is 46.1 Å². The Bertz CT molecular complexity index is 640. The lowest BCUT2D eigenvalue weighted by Gasteiger charge is -2.05. The number of amides is 1. The van der Waals surface area contributed by atoms with Gasteiger partial charge < -0.3 is 15.3 Å². The van der Waals surface area contributed by atoms with E-state index in [1.807, 2.05) is 0 Å². The number of esters is 1.